The van der Waals surface area contributed by atoms with Gasteiger partial charge in [-0.2, -0.15) is 0 Å². The van der Waals surface area contributed by atoms with E-state index in [1.54, 1.807) is 7.05 Å². The number of guanidine groups is 1. The van der Waals surface area contributed by atoms with Crippen molar-refractivity contribution in [3.8, 4) is 0 Å². The Labute approximate surface area is 160 Å². The van der Waals surface area contributed by atoms with E-state index in [-0.39, 0.29) is 24.0 Å². The minimum atomic E-state index is -0.851. The predicted octanol–water partition coefficient (Wildman–Crippen LogP) is 3.15. The number of hydrogen-bond acceptors (Lipinski definition) is 2. The largest absolute Gasteiger partial charge is 0.356 e. The molecule has 23 heavy (non-hydrogen) atoms. The molecular formula is C17H30IN3OS. The molecule has 0 aromatic heterocycles. The average Bonchev–Trinajstić information content (AvgIpc) is 2.55. The van der Waals surface area contributed by atoms with Crippen molar-refractivity contribution in [1.82, 2.24) is 10.6 Å². The van der Waals surface area contributed by atoms with Crippen molar-refractivity contribution < 1.29 is 4.21 Å². The summed E-state index contributed by atoms with van der Waals surface area (Å²) in [6.07, 6.45) is 2.34. The smallest absolute Gasteiger partial charge is 0.191 e. The minimum Gasteiger partial charge on any atom is -0.356 e. The van der Waals surface area contributed by atoms with Gasteiger partial charge in [-0.25, -0.2) is 0 Å². The molecule has 0 fully saturated rings. The summed E-state index contributed by atoms with van der Waals surface area (Å²) >= 11 is 0. The molecule has 1 aromatic carbocycles. The molecule has 1 rings (SSSR count). The van der Waals surface area contributed by atoms with E-state index in [0.717, 1.165) is 18.1 Å². The van der Waals surface area contributed by atoms with Gasteiger partial charge in [-0.05, 0) is 11.5 Å². The SMILES string of the molecule is CCC(CC)CNC(=NC)NCCS(=O)Cc1ccccc1.I. The van der Waals surface area contributed by atoms with Gasteiger partial charge in [-0.1, -0.05) is 57.0 Å². The monoisotopic (exact) mass is 451 g/mol. The first-order valence-corrected chi connectivity index (χ1v) is 9.51. The Morgan fingerprint density at radius 2 is 1.83 bits per heavy atom. The molecule has 6 heteroatoms. The highest BCUT2D eigenvalue weighted by molar-refractivity contribution is 14.0. The molecule has 0 bridgehead atoms. The van der Waals surface area contributed by atoms with Crippen LogP contribution in [0.15, 0.2) is 35.3 Å². The van der Waals surface area contributed by atoms with Crippen LogP contribution < -0.4 is 10.6 Å². The topological polar surface area (TPSA) is 53.5 Å². The summed E-state index contributed by atoms with van der Waals surface area (Å²) in [6, 6.07) is 9.97. The lowest BCUT2D eigenvalue weighted by Crippen LogP contribution is -2.41. The maximum absolute atomic E-state index is 12.1. The van der Waals surface area contributed by atoms with Crippen LogP contribution in [0.1, 0.15) is 32.3 Å². The van der Waals surface area contributed by atoms with Crippen molar-refractivity contribution in [2.75, 3.05) is 25.9 Å². The van der Waals surface area contributed by atoms with Gasteiger partial charge in [0.15, 0.2) is 5.96 Å². The Hall–Kier alpha value is -0.630. The van der Waals surface area contributed by atoms with E-state index >= 15 is 0 Å². The molecule has 1 aromatic rings. The third-order valence-corrected chi connectivity index (χ3v) is 5.04. The van der Waals surface area contributed by atoms with E-state index in [1.165, 1.54) is 12.8 Å². The van der Waals surface area contributed by atoms with Crippen LogP contribution >= 0.6 is 24.0 Å². The fourth-order valence-electron chi connectivity index (χ4n) is 2.15. The van der Waals surface area contributed by atoms with Crippen molar-refractivity contribution in [2.24, 2.45) is 10.9 Å². The van der Waals surface area contributed by atoms with Crippen molar-refractivity contribution in [3.63, 3.8) is 0 Å². The third kappa shape index (κ3) is 9.96. The lowest BCUT2D eigenvalue weighted by Gasteiger charge is -2.16. The van der Waals surface area contributed by atoms with Gasteiger partial charge in [-0.15, -0.1) is 24.0 Å². The van der Waals surface area contributed by atoms with Gasteiger partial charge in [0.1, 0.15) is 0 Å². The number of halogens is 1. The molecule has 0 saturated heterocycles. The van der Waals surface area contributed by atoms with Gasteiger partial charge < -0.3 is 10.6 Å². The van der Waals surface area contributed by atoms with Gasteiger partial charge in [0.25, 0.3) is 0 Å². The molecule has 0 spiro atoms. The fraction of sp³-hybridized carbons (Fsp3) is 0.588. The van der Waals surface area contributed by atoms with Crippen molar-refractivity contribution in [2.45, 2.75) is 32.4 Å². The van der Waals surface area contributed by atoms with Crippen molar-refractivity contribution in [3.05, 3.63) is 35.9 Å². The summed E-state index contributed by atoms with van der Waals surface area (Å²) in [4.78, 5) is 4.20. The van der Waals surface area contributed by atoms with Gasteiger partial charge in [0, 0.05) is 42.4 Å². The molecule has 0 aliphatic heterocycles. The molecule has 132 valence electrons. The summed E-state index contributed by atoms with van der Waals surface area (Å²) in [6.45, 7) is 6.01. The van der Waals surface area contributed by atoms with E-state index in [0.29, 0.717) is 24.0 Å². The summed E-state index contributed by atoms with van der Waals surface area (Å²) in [5, 5.41) is 6.57. The van der Waals surface area contributed by atoms with Crippen LogP contribution in [0.3, 0.4) is 0 Å². The first kappa shape index (κ1) is 22.4. The Morgan fingerprint density at radius 3 is 2.39 bits per heavy atom. The van der Waals surface area contributed by atoms with Crippen LogP contribution in [-0.4, -0.2) is 36.1 Å². The maximum Gasteiger partial charge on any atom is 0.191 e. The first-order chi connectivity index (χ1) is 10.7. The summed E-state index contributed by atoms with van der Waals surface area (Å²) in [5.41, 5.74) is 1.12. The zero-order chi connectivity index (χ0) is 16.2. The van der Waals surface area contributed by atoms with Gasteiger partial charge >= 0.3 is 0 Å². The maximum atomic E-state index is 12.1. The van der Waals surface area contributed by atoms with E-state index in [1.807, 2.05) is 30.3 Å². The zero-order valence-corrected chi connectivity index (χ0v) is 17.5. The number of nitrogens with zero attached hydrogens (tertiary/aromatic N) is 1. The summed E-state index contributed by atoms with van der Waals surface area (Å²) in [7, 11) is 0.916. The van der Waals surface area contributed by atoms with E-state index in [4.69, 9.17) is 0 Å². The lowest BCUT2D eigenvalue weighted by atomic mass is 10.0. The Bertz CT molecular complexity index is 464. The summed E-state index contributed by atoms with van der Waals surface area (Å²) < 4.78 is 12.1. The van der Waals surface area contributed by atoms with Crippen molar-refractivity contribution in [1.29, 1.82) is 0 Å². The van der Waals surface area contributed by atoms with E-state index in [2.05, 4.69) is 29.5 Å². The second kappa shape index (κ2) is 13.8. The van der Waals surface area contributed by atoms with Crippen LogP contribution in [0, 0.1) is 5.92 Å². The zero-order valence-electron chi connectivity index (χ0n) is 14.4. The molecule has 0 amide bonds. The minimum absolute atomic E-state index is 0. The number of aliphatic imine (C=N–C) groups is 1. The Kier molecular flexibility index (Phi) is 13.4. The number of benzene rings is 1. The molecule has 0 aliphatic carbocycles. The summed E-state index contributed by atoms with van der Waals surface area (Å²) in [5.74, 6) is 2.71. The first-order valence-electron chi connectivity index (χ1n) is 8.03. The standard InChI is InChI=1S/C17H29N3OS.HI/c1-4-15(5-2)13-20-17(18-3)19-11-12-22(21)14-16-9-7-6-8-10-16;/h6-10,15H,4-5,11-14H2,1-3H3,(H2,18,19,20);1H. The number of hydrogen-bond donors (Lipinski definition) is 2. The van der Waals surface area contributed by atoms with Gasteiger partial charge in [-0.3, -0.25) is 9.20 Å². The highest BCUT2D eigenvalue weighted by Gasteiger charge is 2.06. The second-order valence-corrected chi connectivity index (χ2v) is 6.91. The fourth-order valence-corrected chi connectivity index (χ4v) is 3.19. The highest BCUT2D eigenvalue weighted by atomic mass is 127. The quantitative estimate of drug-likeness (QED) is 0.345. The normalized spacial score (nSPS) is 12.6. The van der Waals surface area contributed by atoms with Crippen LogP contribution in [-0.2, 0) is 16.6 Å². The Morgan fingerprint density at radius 1 is 1.17 bits per heavy atom. The van der Waals surface area contributed by atoms with Crippen LogP contribution in [0.2, 0.25) is 0 Å². The average molecular weight is 451 g/mol. The molecule has 2 N–H and O–H groups in total. The molecule has 1 unspecified atom stereocenters. The van der Waals surface area contributed by atoms with E-state index < -0.39 is 10.8 Å². The third-order valence-electron chi connectivity index (χ3n) is 3.73. The predicted molar refractivity (Wildman–Crippen MR) is 112 cm³/mol. The van der Waals surface area contributed by atoms with E-state index in [9.17, 15) is 4.21 Å². The molecule has 0 heterocycles. The molecular weight excluding hydrogens is 421 g/mol. The molecule has 4 nitrogen and oxygen atoms in total. The van der Waals surface area contributed by atoms with Crippen LogP contribution in [0.25, 0.3) is 0 Å². The molecule has 1 atom stereocenters. The number of nitrogens with one attached hydrogen (secondary N) is 2. The van der Waals surface area contributed by atoms with Gasteiger partial charge in [0.05, 0.1) is 0 Å². The second-order valence-electron chi connectivity index (χ2n) is 5.34. The lowest BCUT2D eigenvalue weighted by molar-refractivity contribution is 0.481. The number of rotatable bonds is 9. The van der Waals surface area contributed by atoms with Crippen molar-refractivity contribution >= 4 is 40.7 Å². The Balaban J connectivity index is 0.00000484. The molecule has 0 radical (unpaired) electrons. The van der Waals surface area contributed by atoms with Crippen LogP contribution in [0.5, 0.6) is 0 Å². The molecule has 0 aliphatic rings. The van der Waals surface area contributed by atoms with Crippen LogP contribution in [0.4, 0.5) is 0 Å². The van der Waals surface area contributed by atoms with Gasteiger partial charge in [0.2, 0.25) is 0 Å². The highest BCUT2D eigenvalue weighted by Crippen LogP contribution is 2.05. The molecule has 0 saturated carbocycles.